The van der Waals surface area contributed by atoms with Crippen LogP contribution in [0, 0.1) is 0 Å². The van der Waals surface area contributed by atoms with Crippen LogP contribution in [0.1, 0.15) is 15.9 Å². The van der Waals surface area contributed by atoms with Gasteiger partial charge in [-0.3, -0.25) is 4.79 Å². The Labute approximate surface area is 156 Å². The summed E-state index contributed by atoms with van der Waals surface area (Å²) in [7, 11) is 0. The number of anilines is 1. The van der Waals surface area contributed by atoms with Gasteiger partial charge in [0, 0.05) is 34.4 Å². The van der Waals surface area contributed by atoms with Crippen LogP contribution in [-0.2, 0) is 6.54 Å². The van der Waals surface area contributed by atoms with Crippen LogP contribution in [0.15, 0.2) is 85.1 Å². The summed E-state index contributed by atoms with van der Waals surface area (Å²) in [6, 6.07) is 25.2. The number of para-hydroxylation sites is 2. The number of benzene rings is 3. The van der Waals surface area contributed by atoms with Gasteiger partial charge in [0.2, 0.25) is 0 Å². The third-order valence-corrected chi connectivity index (χ3v) is 4.58. The first-order chi connectivity index (χ1) is 12.7. The van der Waals surface area contributed by atoms with E-state index < -0.39 is 0 Å². The molecule has 0 saturated carbocycles. The SMILES string of the molecule is O=C(Nc1ccccc1)c1cn(Cc2ccc(Cl)cc2)c2ccccc12. The summed E-state index contributed by atoms with van der Waals surface area (Å²) >= 11 is 5.97. The second kappa shape index (κ2) is 7.06. The van der Waals surface area contributed by atoms with Crippen molar-refractivity contribution in [2.45, 2.75) is 6.54 Å². The highest BCUT2D eigenvalue weighted by atomic mass is 35.5. The molecule has 3 aromatic carbocycles. The highest BCUT2D eigenvalue weighted by Crippen LogP contribution is 2.24. The Morgan fingerprint density at radius 2 is 1.58 bits per heavy atom. The van der Waals surface area contributed by atoms with Crippen molar-refractivity contribution in [2.24, 2.45) is 0 Å². The number of nitrogens with zero attached hydrogens (tertiary/aromatic N) is 1. The first-order valence-corrected chi connectivity index (χ1v) is 8.77. The molecule has 0 atom stereocenters. The van der Waals surface area contributed by atoms with E-state index in [0.717, 1.165) is 22.2 Å². The molecule has 0 aliphatic carbocycles. The van der Waals surface area contributed by atoms with Crippen molar-refractivity contribution in [3.8, 4) is 0 Å². The van der Waals surface area contributed by atoms with E-state index in [4.69, 9.17) is 11.6 Å². The lowest BCUT2D eigenvalue weighted by Gasteiger charge is -2.05. The molecule has 1 amide bonds. The summed E-state index contributed by atoms with van der Waals surface area (Å²) in [5.74, 6) is -0.109. The number of hydrogen-bond acceptors (Lipinski definition) is 1. The molecule has 1 N–H and O–H groups in total. The fourth-order valence-electron chi connectivity index (χ4n) is 3.06. The summed E-state index contributed by atoms with van der Waals surface area (Å²) < 4.78 is 2.10. The van der Waals surface area contributed by atoms with E-state index in [2.05, 4.69) is 9.88 Å². The van der Waals surface area contributed by atoms with Gasteiger partial charge in [0.1, 0.15) is 0 Å². The van der Waals surface area contributed by atoms with E-state index >= 15 is 0 Å². The second-order valence-electron chi connectivity index (χ2n) is 6.13. The number of fused-ring (bicyclic) bond motifs is 1. The second-order valence-corrected chi connectivity index (χ2v) is 6.57. The third-order valence-electron chi connectivity index (χ3n) is 4.33. The number of aromatic nitrogens is 1. The van der Waals surface area contributed by atoms with Gasteiger partial charge in [0.25, 0.3) is 5.91 Å². The van der Waals surface area contributed by atoms with Crippen molar-refractivity contribution in [3.63, 3.8) is 0 Å². The molecule has 4 heteroatoms. The Morgan fingerprint density at radius 3 is 2.35 bits per heavy atom. The number of carbonyl (C=O) groups is 1. The van der Waals surface area contributed by atoms with Crippen LogP contribution in [0.2, 0.25) is 5.02 Å². The maximum Gasteiger partial charge on any atom is 0.257 e. The molecule has 0 spiro atoms. The molecular weight excluding hydrogens is 344 g/mol. The summed E-state index contributed by atoms with van der Waals surface area (Å²) in [6.07, 6.45) is 1.91. The molecule has 0 aliphatic rings. The van der Waals surface area contributed by atoms with Crippen molar-refractivity contribution in [2.75, 3.05) is 5.32 Å². The van der Waals surface area contributed by atoms with Crippen LogP contribution < -0.4 is 5.32 Å². The van der Waals surface area contributed by atoms with E-state index in [-0.39, 0.29) is 5.91 Å². The molecule has 0 saturated heterocycles. The summed E-state index contributed by atoms with van der Waals surface area (Å²) in [5, 5.41) is 4.62. The molecule has 0 radical (unpaired) electrons. The van der Waals surface area contributed by atoms with Crippen LogP contribution in [-0.4, -0.2) is 10.5 Å². The first-order valence-electron chi connectivity index (χ1n) is 8.39. The fourth-order valence-corrected chi connectivity index (χ4v) is 3.19. The third kappa shape index (κ3) is 3.35. The Hall–Kier alpha value is -3.04. The molecule has 3 nitrogen and oxygen atoms in total. The van der Waals surface area contributed by atoms with Crippen molar-refractivity contribution < 1.29 is 4.79 Å². The molecule has 0 fully saturated rings. The Bertz CT molecular complexity index is 1050. The largest absolute Gasteiger partial charge is 0.342 e. The molecule has 0 aliphatic heterocycles. The number of hydrogen-bond donors (Lipinski definition) is 1. The molecule has 4 aromatic rings. The van der Waals surface area contributed by atoms with Gasteiger partial charge in [0.05, 0.1) is 5.56 Å². The number of carbonyl (C=O) groups excluding carboxylic acids is 1. The van der Waals surface area contributed by atoms with Gasteiger partial charge in [0.15, 0.2) is 0 Å². The highest BCUT2D eigenvalue weighted by Gasteiger charge is 2.15. The molecule has 0 unspecified atom stereocenters. The monoisotopic (exact) mass is 360 g/mol. The van der Waals surface area contributed by atoms with Crippen molar-refractivity contribution >= 4 is 34.1 Å². The summed E-state index contributed by atoms with van der Waals surface area (Å²) in [6.45, 7) is 0.677. The minimum atomic E-state index is -0.109. The minimum Gasteiger partial charge on any atom is -0.342 e. The molecular formula is C22H17ClN2O. The predicted molar refractivity (Wildman–Crippen MR) is 107 cm³/mol. The minimum absolute atomic E-state index is 0.109. The molecule has 1 heterocycles. The molecule has 26 heavy (non-hydrogen) atoms. The van der Waals surface area contributed by atoms with E-state index in [0.29, 0.717) is 17.1 Å². The normalized spacial score (nSPS) is 10.8. The number of amides is 1. The van der Waals surface area contributed by atoms with Crippen LogP contribution in [0.5, 0.6) is 0 Å². The predicted octanol–water partition coefficient (Wildman–Crippen LogP) is 5.60. The van der Waals surface area contributed by atoms with Crippen LogP contribution in [0.25, 0.3) is 10.9 Å². The average molecular weight is 361 g/mol. The molecule has 128 valence electrons. The van der Waals surface area contributed by atoms with Crippen LogP contribution >= 0.6 is 11.6 Å². The van der Waals surface area contributed by atoms with E-state index in [1.807, 2.05) is 85.1 Å². The lowest BCUT2D eigenvalue weighted by Crippen LogP contribution is -2.11. The van der Waals surface area contributed by atoms with E-state index in [9.17, 15) is 4.79 Å². The standard InChI is InChI=1S/C22H17ClN2O/c23-17-12-10-16(11-13-17)14-25-15-20(19-8-4-5-9-21(19)25)22(26)24-18-6-2-1-3-7-18/h1-13,15H,14H2,(H,24,26). The van der Waals surface area contributed by atoms with E-state index in [1.54, 1.807) is 0 Å². The molecule has 1 aromatic heterocycles. The van der Waals surface area contributed by atoms with Gasteiger partial charge in [-0.05, 0) is 35.9 Å². The molecule has 4 rings (SSSR count). The lowest BCUT2D eigenvalue weighted by molar-refractivity contribution is 0.102. The Morgan fingerprint density at radius 1 is 0.885 bits per heavy atom. The van der Waals surface area contributed by atoms with Gasteiger partial charge in [-0.15, -0.1) is 0 Å². The van der Waals surface area contributed by atoms with Crippen molar-refractivity contribution in [3.05, 3.63) is 101 Å². The zero-order valence-electron chi connectivity index (χ0n) is 14.0. The maximum atomic E-state index is 12.8. The topological polar surface area (TPSA) is 34.0 Å². The summed E-state index contributed by atoms with van der Waals surface area (Å²) in [5.41, 5.74) is 3.61. The fraction of sp³-hybridized carbons (Fsp3) is 0.0455. The Kier molecular flexibility index (Phi) is 4.46. The van der Waals surface area contributed by atoms with Crippen molar-refractivity contribution in [1.29, 1.82) is 0 Å². The van der Waals surface area contributed by atoms with Crippen LogP contribution in [0.3, 0.4) is 0 Å². The molecule has 0 bridgehead atoms. The van der Waals surface area contributed by atoms with Gasteiger partial charge in [-0.2, -0.15) is 0 Å². The highest BCUT2D eigenvalue weighted by molar-refractivity contribution is 6.30. The smallest absolute Gasteiger partial charge is 0.257 e. The van der Waals surface area contributed by atoms with Gasteiger partial charge in [-0.25, -0.2) is 0 Å². The van der Waals surface area contributed by atoms with Crippen LogP contribution in [0.4, 0.5) is 5.69 Å². The van der Waals surface area contributed by atoms with Gasteiger partial charge < -0.3 is 9.88 Å². The number of rotatable bonds is 4. The first kappa shape index (κ1) is 16.4. The Balaban J connectivity index is 1.69. The summed E-state index contributed by atoms with van der Waals surface area (Å²) in [4.78, 5) is 12.8. The number of halogens is 1. The lowest BCUT2D eigenvalue weighted by atomic mass is 10.1. The maximum absolute atomic E-state index is 12.8. The van der Waals surface area contributed by atoms with Gasteiger partial charge >= 0.3 is 0 Å². The zero-order chi connectivity index (χ0) is 17.9. The van der Waals surface area contributed by atoms with Crippen molar-refractivity contribution in [1.82, 2.24) is 4.57 Å². The number of nitrogens with one attached hydrogen (secondary N) is 1. The van der Waals surface area contributed by atoms with Gasteiger partial charge in [-0.1, -0.05) is 60.1 Å². The van der Waals surface area contributed by atoms with E-state index in [1.165, 1.54) is 0 Å². The zero-order valence-corrected chi connectivity index (χ0v) is 14.8. The average Bonchev–Trinajstić information content (AvgIpc) is 3.03. The quantitative estimate of drug-likeness (QED) is 0.505.